The minimum absolute atomic E-state index is 0.0690. The number of nitrogens with one attached hydrogen (secondary N) is 1. The van der Waals surface area contributed by atoms with Gasteiger partial charge in [0.2, 0.25) is 10.0 Å². The number of nitrogens with two attached hydrogens (primary N) is 1. The number of ether oxygens (including phenoxy) is 1. The van der Waals surface area contributed by atoms with Crippen LogP contribution >= 0.6 is 22.9 Å². The molecule has 10 heteroatoms. The molecule has 168 valence electrons. The summed E-state index contributed by atoms with van der Waals surface area (Å²) in [7, 11) is -4.03. The van der Waals surface area contributed by atoms with Crippen LogP contribution in [0.15, 0.2) is 66.7 Å². The summed E-state index contributed by atoms with van der Waals surface area (Å²) in [5, 5.41) is -0.742. The van der Waals surface area contributed by atoms with E-state index in [9.17, 15) is 13.2 Å². The van der Waals surface area contributed by atoms with Gasteiger partial charge in [0.25, 0.3) is 6.47 Å². The van der Waals surface area contributed by atoms with Gasteiger partial charge in [-0.25, -0.2) is 18.1 Å². The van der Waals surface area contributed by atoms with E-state index in [-0.39, 0.29) is 19.6 Å². The van der Waals surface area contributed by atoms with Crippen LogP contribution in [0.2, 0.25) is 5.02 Å². The number of carbonyl (C=O) groups is 1. The SMILES string of the molecule is C=CC(c1cccc(Cl)c1CN)S(=O)(=O)NC(COC=O)c1scnc1-c1ccccc1. The van der Waals surface area contributed by atoms with E-state index in [2.05, 4.69) is 16.3 Å². The van der Waals surface area contributed by atoms with E-state index >= 15 is 0 Å². The summed E-state index contributed by atoms with van der Waals surface area (Å²) in [6.07, 6.45) is 1.32. The first-order chi connectivity index (χ1) is 15.4. The topological polar surface area (TPSA) is 111 Å². The Labute approximate surface area is 195 Å². The Morgan fingerprint density at radius 1 is 1.22 bits per heavy atom. The summed E-state index contributed by atoms with van der Waals surface area (Å²) in [5.74, 6) is 0. The number of rotatable bonds is 11. The van der Waals surface area contributed by atoms with Gasteiger partial charge in [-0.3, -0.25) is 4.79 Å². The molecule has 32 heavy (non-hydrogen) atoms. The van der Waals surface area contributed by atoms with Crippen LogP contribution in [0.5, 0.6) is 0 Å². The molecule has 7 nitrogen and oxygen atoms in total. The quantitative estimate of drug-likeness (QED) is 0.310. The van der Waals surface area contributed by atoms with E-state index in [1.807, 2.05) is 30.3 Å². The van der Waals surface area contributed by atoms with E-state index in [4.69, 9.17) is 22.1 Å². The van der Waals surface area contributed by atoms with Crippen molar-refractivity contribution in [3.63, 3.8) is 0 Å². The van der Waals surface area contributed by atoms with Crippen LogP contribution in [0.25, 0.3) is 11.3 Å². The van der Waals surface area contributed by atoms with Gasteiger partial charge < -0.3 is 10.5 Å². The zero-order valence-electron chi connectivity index (χ0n) is 17.0. The Kier molecular flexibility index (Phi) is 8.16. The minimum atomic E-state index is -4.03. The van der Waals surface area contributed by atoms with Crippen LogP contribution in [-0.4, -0.2) is 26.5 Å². The smallest absolute Gasteiger partial charge is 0.293 e. The number of hydrogen-bond donors (Lipinski definition) is 2. The molecule has 3 N–H and O–H groups in total. The first-order valence-corrected chi connectivity index (χ1v) is 12.4. The molecular weight excluding hydrogens is 470 g/mol. The summed E-state index contributed by atoms with van der Waals surface area (Å²) in [6.45, 7) is 3.85. The van der Waals surface area contributed by atoms with E-state index < -0.39 is 21.3 Å². The number of thiazole rings is 1. The second kappa shape index (κ2) is 10.8. The molecule has 3 rings (SSSR count). The van der Waals surface area contributed by atoms with Gasteiger partial charge >= 0.3 is 0 Å². The summed E-state index contributed by atoms with van der Waals surface area (Å²) in [5.41, 5.74) is 9.82. The molecule has 0 aliphatic carbocycles. The molecule has 1 aromatic heterocycles. The van der Waals surface area contributed by atoms with Crippen molar-refractivity contribution < 1.29 is 17.9 Å². The van der Waals surface area contributed by atoms with Crippen LogP contribution in [0.1, 0.15) is 27.3 Å². The Balaban J connectivity index is 2.00. The predicted octanol–water partition coefficient (Wildman–Crippen LogP) is 3.98. The average Bonchev–Trinajstić information content (AvgIpc) is 3.27. The fourth-order valence-electron chi connectivity index (χ4n) is 3.36. The molecule has 0 saturated carbocycles. The maximum atomic E-state index is 13.4. The van der Waals surface area contributed by atoms with E-state index in [0.29, 0.717) is 26.7 Å². The largest absolute Gasteiger partial charge is 0.466 e. The molecule has 0 amide bonds. The third kappa shape index (κ3) is 5.25. The predicted molar refractivity (Wildman–Crippen MR) is 127 cm³/mol. The van der Waals surface area contributed by atoms with Gasteiger partial charge in [0.1, 0.15) is 11.9 Å². The molecule has 3 aromatic rings. The molecule has 1 heterocycles. The molecule has 2 unspecified atom stereocenters. The standard InChI is InChI=1S/C22H22ClN3O4S2/c1-2-20(16-9-6-10-18(23)17(16)11-24)32(28,29)26-19(12-30-14-27)22-21(25-13-31-22)15-7-4-3-5-8-15/h2-10,13-14,19-20,26H,1,11-12,24H2. The second-order valence-electron chi connectivity index (χ2n) is 6.74. The van der Waals surface area contributed by atoms with Crippen LogP contribution in [0, 0.1) is 0 Å². The summed E-state index contributed by atoms with van der Waals surface area (Å²) >= 11 is 7.50. The van der Waals surface area contributed by atoms with Gasteiger partial charge in [-0.15, -0.1) is 17.9 Å². The van der Waals surface area contributed by atoms with Crippen molar-refractivity contribution in [3.05, 3.63) is 87.7 Å². The molecule has 0 aliphatic heterocycles. The van der Waals surface area contributed by atoms with Crippen molar-refractivity contribution in [1.82, 2.24) is 9.71 Å². The first-order valence-electron chi connectivity index (χ1n) is 9.58. The third-order valence-corrected chi connectivity index (χ3v) is 7.83. The molecule has 0 saturated heterocycles. The van der Waals surface area contributed by atoms with E-state index in [0.717, 1.165) is 5.56 Å². The van der Waals surface area contributed by atoms with Gasteiger partial charge in [0.15, 0.2) is 0 Å². The number of carbonyl (C=O) groups excluding carboxylic acids is 1. The molecule has 0 radical (unpaired) electrons. The monoisotopic (exact) mass is 491 g/mol. The Morgan fingerprint density at radius 3 is 2.62 bits per heavy atom. The fraction of sp³-hybridized carbons (Fsp3) is 0.182. The fourth-order valence-corrected chi connectivity index (χ4v) is 6.08. The van der Waals surface area contributed by atoms with Crippen molar-refractivity contribution in [2.75, 3.05) is 6.61 Å². The molecule has 0 aliphatic rings. The maximum Gasteiger partial charge on any atom is 0.293 e. The molecule has 2 aromatic carbocycles. The molecule has 0 fully saturated rings. The lowest BCUT2D eigenvalue weighted by Gasteiger charge is -2.23. The van der Waals surface area contributed by atoms with Crippen LogP contribution in [-0.2, 0) is 26.1 Å². The molecular formula is C22H22ClN3O4S2. The van der Waals surface area contributed by atoms with Gasteiger partial charge in [-0.05, 0) is 17.2 Å². The van der Waals surface area contributed by atoms with Gasteiger partial charge in [0.05, 0.1) is 22.1 Å². The summed E-state index contributed by atoms with van der Waals surface area (Å²) < 4.78 is 34.5. The zero-order valence-corrected chi connectivity index (χ0v) is 19.4. The average molecular weight is 492 g/mol. The van der Waals surface area contributed by atoms with Crippen LogP contribution < -0.4 is 10.5 Å². The van der Waals surface area contributed by atoms with Crippen molar-refractivity contribution in [2.45, 2.75) is 17.8 Å². The lowest BCUT2D eigenvalue weighted by atomic mass is 10.0. The van der Waals surface area contributed by atoms with Crippen molar-refractivity contribution in [2.24, 2.45) is 5.73 Å². The Hall–Kier alpha value is -2.56. The number of nitrogens with zero attached hydrogens (tertiary/aromatic N) is 1. The highest BCUT2D eigenvalue weighted by Crippen LogP contribution is 2.34. The van der Waals surface area contributed by atoms with Crippen molar-refractivity contribution in [3.8, 4) is 11.3 Å². The number of halogens is 1. The number of hydrogen-bond acceptors (Lipinski definition) is 7. The Morgan fingerprint density at radius 2 is 1.97 bits per heavy atom. The van der Waals surface area contributed by atoms with Crippen LogP contribution in [0.4, 0.5) is 0 Å². The summed E-state index contributed by atoms with van der Waals surface area (Å²) in [4.78, 5) is 15.9. The molecule has 0 spiro atoms. The normalized spacial score (nSPS) is 13.3. The lowest BCUT2D eigenvalue weighted by molar-refractivity contribution is -0.129. The first kappa shape index (κ1) is 24.1. The Bertz CT molecular complexity index is 1180. The lowest BCUT2D eigenvalue weighted by Crippen LogP contribution is -2.34. The van der Waals surface area contributed by atoms with E-state index in [1.54, 1.807) is 23.7 Å². The van der Waals surface area contributed by atoms with Gasteiger partial charge in [-0.1, -0.05) is 60.1 Å². The van der Waals surface area contributed by atoms with Gasteiger partial charge in [0, 0.05) is 17.1 Å². The zero-order chi connectivity index (χ0) is 23.1. The van der Waals surface area contributed by atoms with Gasteiger partial charge in [-0.2, -0.15) is 0 Å². The maximum absolute atomic E-state index is 13.4. The highest BCUT2D eigenvalue weighted by Gasteiger charge is 2.32. The number of sulfonamides is 1. The van der Waals surface area contributed by atoms with Crippen molar-refractivity contribution >= 4 is 39.4 Å². The minimum Gasteiger partial charge on any atom is -0.466 e. The molecule has 0 bridgehead atoms. The highest BCUT2D eigenvalue weighted by atomic mass is 35.5. The highest BCUT2D eigenvalue weighted by molar-refractivity contribution is 7.89. The third-order valence-electron chi connectivity index (χ3n) is 4.81. The van der Waals surface area contributed by atoms with Crippen molar-refractivity contribution in [1.29, 1.82) is 0 Å². The van der Waals surface area contributed by atoms with E-state index in [1.165, 1.54) is 17.4 Å². The summed E-state index contributed by atoms with van der Waals surface area (Å²) in [6, 6.07) is 13.5. The number of aromatic nitrogens is 1. The number of benzene rings is 2. The second-order valence-corrected chi connectivity index (χ2v) is 9.87. The molecule has 2 atom stereocenters. The van der Waals surface area contributed by atoms with Crippen LogP contribution in [0.3, 0.4) is 0 Å².